The first-order valence-electron chi connectivity index (χ1n) is 10.7. The van der Waals surface area contributed by atoms with Crippen LogP contribution in [0.4, 0.5) is 4.39 Å². The number of hydrogen-bond donors (Lipinski definition) is 2. The van der Waals surface area contributed by atoms with Crippen LogP contribution in [0.5, 0.6) is 0 Å². The quantitative estimate of drug-likeness (QED) is 0.509. The van der Waals surface area contributed by atoms with Crippen LogP contribution in [0.3, 0.4) is 0 Å². The fourth-order valence-electron chi connectivity index (χ4n) is 4.05. The van der Waals surface area contributed by atoms with E-state index in [4.69, 9.17) is 0 Å². The van der Waals surface area contributed by atoms with Crippen LogP contribution in [0.25, 0.3) is 0 Å². The fraction of sp³-hybridized carbons (Fsp3) is 0.435. The molecule has 0 amide bonds. The highest BCUT2D eigenvalue weighted by Crippen LogP contribution is 2.47. The average Bonchev–Trinajstić information content (AvgIpc) is 3.35. The molecule has 1 aliphatic heterocycles. The van der Waals surface area contributed by atoms with Gasteiger partial charge in [-0.15, -0.1) is 0 Å². The molecule has 31 heavy (non-hydrogen) atoms. The molecule has 2 fully saturated rings. The molecule has 6 nitrogen and oxygen atoms in total. The smallest absolute Gasteiger partial charge is 0.243 e. The van der Waals surface area contributed by atoms with Crippen LogP contribution in [0.2, 0.25) is 0 Å². The summed E-state index contributed by atoms with van der Waals surface area (Å²) >= 11 is 0. The number of halogens is 1. The number of guanidine groups is 1. The number of benzene rings is 2. The molecule has 0 aromatic heterocycles. The van der Waals surface area contributed by atoms with Crippen molar-refractivity contribution in [3.05, 3.63) is 65.5 Å². The Balaban J connectivity index is 1.32. The van der Waals surface area contributed by atoms with E-state index in [1.165, 1.54) is 6.07 Å². The van der Waals surface area contributed by atoms with Crippen LogP contribution in [0, 0.1) is 5.82 Å². The maximum atomic E-state index is 13.6. The van der Waals surface area contributed by atoms with Crippen molar-refractivity contribution in [2.45, 2.75) is 42.5 Å². The molecule has 0 radical (unpaired) electrons. The third-order valence-electron chi connectivity index (χ3n) is 6.19. The van der Waals surface area contributed by atoms with Crippen molar-refractivity contribution < 1.29 is 12.8 Å². The Morgan fingerprint density at radius 3 is 2.42 bits per heavy atom. The topological polar surface area (TPSA) is 73.8 Å². The molecule has 1 saturated heterocycles. The van der Waals surface area contributed by atoms with Crippen molar-refractivity contribution in [3.63, 3.8) is 0 Å². The molecule has 166 valence electrons. The summed E-state index contributed by atoms with van der Waals surface area (Å²) < 4.78 is 40.4. The first-order chi connectivity index (χ1) is 14.9. The van der Waals surface area contributed by atoms with Crippen molar-refractivity contribution >= 4 is 16.0 Å². The SMILES string of the molecule is CN=C(NCc1ccc(S(=O)(=O)N2CCCC2)cc1)NCC1(c2cccc(F)c2)CC1. The Bertz CT molecular complexity index is 1040. The van der Waals surface area contributed by atoms with Gasteiger partial charge in [-0.05, 0) is 61.1 Å². The van der Waals surface area contributed by atoms with Crippen LogP contribution in [0.15, 0.2) is 58.4 Å². The second-order valence-electron chi connectivity index (χ2n) is 8.33. The van der Waals surface area contributed by atoms with E-state index in [1.807, 2.05) is 18.2 Å². The molecule has 1 heterocycles. The average molecular weight is 445 g/mol. The largest absolute Gasteiger partial charge is 0.356 e. The Labute approximate surface area is 183 Å². The van der Waals surface area contributed by atoms with Gasteiger partial charge >= 0.3 is 0 Å². The van der Waals surface area contributed by atoms with Gasteiger partial charge in [0, 0.05) is 38.6 Å². The van der Waals surface area contributed by atoms with Gasteiger partial charge in [-0.1, -0.05) is 24.3 Å². The van der Waals surface area contributed by atoms with Crippen LogP contribution in [0.1, 0.15) is 36.8 Å². The van der Waals surface area contributed by atoms with E-state index in [-0.39, 0.29) is 11.2 Å². The molecule has 2 aromatic rings. The van der Waals surface area contributed by atoms with E-state index in [2.05, 4.69) is 15.6 Å². The van der Waals surface area contributed by atoms with Crippen molar-refractivity contribution in [2.75, 3.05) is 26.7 Å². The predicted octanol–water partition coefficient (Wildman–Crippen LogP) is 3.01. The molecule has 2 aromatic carbocycles. The predicted molar refractivity (Wildman–Crippen MR) is 120 cm³/mol. The zero-order valence-corrected chi connectivity index (χ0v) is 18.6. The second kappa shape index (κ2) is 8.96. The van der Waals surface area contributed by atoms with Crippen molar-refractivity contribution in [1.29, 1.82) is 0 Å². The zero-order chi connectivity index (χ0) is 21.9. The first kappa shape index (κ1) is 21.8. The summed E-state index contributed by atoms with van der Waals surface area (Å²) in [5.41, 5.74) is 1.95. The summed E-state index contributed by atoms with van der Waals surface area (Å²) in [5.74, 6) is 0.456. The van der Waals surface area contributed by atoms with Gasteiger partial charge in [0.15, 0.2) is 5.96 Å². The lowest BCUT2D eigenvalue weighted by molar-refractivity contribution is 0.477. The number of nitrogens with zero attached hydrogens (tertiary/aromatic N) is 2. The summed E-state index contributed by atoms with van der Waals surface area (Å²) in [7, 11) is -1.68. The summed E-state index contributed by atoms with van der Waals surface area (Å²) in [6, 6.07) is 13.8. The fourth-order valence-corrected chi connectivity index (χ4v) is 5.57. The second-order valence-corrected chi connectivity index (χ2v) is 10.3. The Morgan fingerprint density at radius 1 is 1.10 bits per heavy atom. The molecule has 2 aliphatic rings. The number of rotatable bonds is 7. The summed E-state index contributed by atoms with van der Waals surface area (Å²) in [6.07, 6.45) is 3.89. The van der Waals surface area contributed by atoms with E-state index in [0.29, 0.717) is 37.0 Å². The molecule has 0 bridgehead atoms. The van der Waals surface area contributed by atoms with E-state index in [0.717, 1.165) is 36.8 Å². The van der Waals surface area contributed by atoms with E-state index >= 15 is 0 Å². The first-order valence-corrected chi connectivity index (χ1v) is 12.2. The van der Waals surface area contributed by atoms with Gasteiger partial charge < -0.3 is 10.6 Å². The highest BCUT2D eigenvalue weighted by Gasteiger charge is 2.44. The van der Waals surface area contributed by atoms with Crippen molar-refractivity contribution in [1.82, 2.24) is 14.9 Å². The highest BCUT2D eigenvalue weighted by molar-refractivity contribution is 7.89. The lowest BCUT2D eigenvalue weighted by atomic mass is 9.96. The van der Waals surface area contributed by atoms with E-state index in [1.54, 1.807) is 35.6 Å². The van der Waals surface area contributed by atoms with Crippen molar-refractivity contribution in [2.24, 2.45) is 4.99 Å². The highest BCUT2D eigenvalue weighted by atomic mass is 32.2. The molecule has 2 N–H and O–H groups in total. The molecule has 0 unspecified atom stereocenters. The third-order valence-corrected chi connectivity index (χ3v) is 8.11. The van der Waals surface area contributed by atoms with Gasteiger partial charge in [-0.2, -0.15) is 4.31 Å². The lowest BCUT2D eigenvalue weighted by Gasteiger charge is -2.19. The van der Waals surface area contributed by atoms with Gasteiger partial charge in [-0.3, -0.25) is 4.99 Å². The number of nitrogens with one attached hydrogen (secondary N) is 2. The maximum Gasteiger partial charge on any atom is 0.243 e. The van der Waals surface area contributed by atoms with Gasteiger partial charge in [-0.25, -0.2) is 12.8 Å². The summed E-state index contributed by atoms with van der Waals surface area (Å²) in [4.78, 5) is 4.61. The number of hydrogen-bond acceptors (Lipinski definition) is 3. The summed E-state index contributed by atoms with van der Waals surface area (Å²) in [6.45, 7) is 2.41. The van der Waals surface area contributed by atoms with Gasteiger partial charge in [0.1, 0.15) is 5.82 Å². The molecular weight excluding hydrogens is 415 g/mol. The molecular formula is C23H29FN4O2S. The standard InChI is InChI=1S/C23H29FN4O2S/c1-25-22(27-17-23(11-12-23)19-5-4-6-20(24)15-19)26-16-18-7-9-21(10-8-18)31(29,30)28-13-2-3-14-28/h4-10,15H,2-3,11-14,16-17H2,1H3,(H2,25,26,27). The molecule has 0 atom stereocenters. The molecule has 1 aliphatic carbocycles. The van der Waals surface area contributed by atoms with Crippen LogP contribution < -0.4 is 10.6 Å². The van der Waals surface area contributed by atoms with Crippen LogP contribution >= 0.6 is 0 Å². The molecule has 4 rings (SSSR count). The minimum atomic E-state index is -3.39. The monoisotopic (exact) mass is 444 g/mol. The number of sulfonamides is 1. The normalized spacial score (nSPS) is 18.7. The minimum Gasteiger partial charge on any atom is -0.356 e. The molecule has 8 heteroatoms. The Kier molecular flexibility index (Phi) is 6.29. The summed E-state index contributed by atoms with van der Waals surface area (Å²) in [5, 5.41) is 6.61. The van der Waals surface area contributed by atoms with E-state index in [9.17, 15) is 12.8 Å². The minimum absolute atomic E-state index is 0.0364. The van der Waals surface area contributed by atoms with Gasteiger partial charge in [0.05, 0.1) is 4.90 Å². The van der Waals surface area contributed by atoms with Gasteiger partial charge in [0.25, 0.3) is 0 Å². The van der Waals surface area contributed by atoms with Crippen LogP contribution in [-0.2, 0) is 22.0 Å². The lowest BCUT2D eigenvalue weighted by Crippen LogP contribution is -2.40. The molecule has 0 spiro atoms. The zero-order valence-electron chi connectivity index (χ0n) is 17.8. The van der Waals surface area contributed by atoms with Gasteiger partial charge in [0.2, 0.25) is 10.0 Å². The van der Waals surface area contributed by atoms with E-state index < -0.39 is 10.0 Å². The Morgan fingerprint density at radius 2 is 1.81 bits per heavy atom. The third kappa shape index (κ3) is 4.91. The van der Waals surface area contributed by atoms with Crippen molar-refractivity contribution in [3.8, 4) is 0 Å². The van der Waals surface area contributed by atoms with Crippen LogP contribution in [-0.4, -0.2) is 45.4 Å². The Hall–Kier alpha value is -2.45. The molecule has 1 saturated carbocycles. The maximum absolute atomic E-state index is 13.6. The number of aliphatic imine (C=N–C) groups is 1.